The topological polar surface area (TPSA) is 36.4 Å². The van der Waals surface area contributed by atoms with Gasteiger partial charge in [0.1, 0.15) is 0 Å². The maximum atomic E-state index is 5.33. The monoisotopic (exact) mass is 305 g/mol. The number of fused-ring (bicyclic) bond motifs is 1. The molecule has 2 N–H and O–H groups in total. The van der Waals surface area contributed by atoms with Gasteiger partial charge in [-0.15, -0.1) is 0 Å². The third-order valence-electron chi connectivity index (χ3n) is 5.83. The van der Waals surface area contributed by atoms with E-state index in [4.69, 9.17) is 12.2 Å². The van der Waals surface area contributed by atoms with Crippen LogP contribution in [-0.2, 0) is 0 Å². The Morgan fingerprint density at radius 2 is 2.10 bits per heavy atom. The Labute approximate surface area is 133 Å². The molecule has 2 atom stereocenters. The van der Waals surface area contributed by atoms with Gasteiger partial charge in [0.05, 0.1) is 6.21 Å². The highest BCUT2D eigenvalue weighted by molar-refractivity contribution is 7.80. The third kappa shape index (κ3) is 3.15. The fourth-order valence-electron chi connectivity index (χ4n) is 4.17. The summed E-state index contributed by atoms with van der Waals surface area (Å²) in [6.45, 7) is 4.77. The van der Waals surface area contributed by atoms with E-state index in [1.54, 1.807) is 0 Å². The van der Waals surface area contributed by atoms with Gasteiger partial charge in [0.2, 0.25) is 0 Å². The summed E-state index contributed by atoms with van der Waals surface area (Å²) in [4.78, 5) is 0. The standard InChI is InChI=1S/C17H27N3S/c1-17(2)13-9-8-12(15(17)10-13)11-18-20-16(21)19-14-6-4-3-5-7-14/h8,11,13-15H,3-7,9-10H2,1-2H3,(H2,19,20,21)/t13-,15+/m0/s1. The first kappa shape index (κ1) is 15.0. The molecule has 0 heterocycles. The largest absolute Gasteiger partial charge is 0.359 e. The average Bonchev–Trinajstić information content (AvgIpc) is 2.48. The van der Waals surface area contributed by atoms with Crippen LogP contribution in [-0.4, -0.2) is 17.4 Å². The maximum Gasteiger partial charge on any atom is 0.187 e. The summed E-state index contributed by atoms with van der Waals surface area (Å²) in [5.41, 5.74) is 4.83. The molecular formula is C17H27N3S. The van der Waals surface area contributed by atoms with Crippen LogP contribution in [0.4, 0.5) is 0 Å². The molecule has 0 spiro atoms. The van der Waals surface area contributed by atoms with Crippen molar-refractivity contribution in [3.8, 4) is 0 Å². The highest BCUT2D eigenvalue weighted by atomic mass is 32.1. The second-order valence-corrected chi connectivity index (χ2v) is 7.83. The molecule has 4 heteroatoms. The highest BCUT2D eigenvalue weighted by Gasteiger charge is 2.50. The number of thiocarbonyl (C=S) groups is 1. The first-order valence-corrected chi connectivity index (χ1v) is 8.78. The number of rotatable bonds is 3. The minimum Gasteiger partial charge on any atom is -0.359 e. The van der Waals surface area contributed by atoms with Gasteiger partial charge in [0.25, 0.3) is 0 Å². The molecule has 4 aliphatic rings. The summed E-state index contributed by atoms with van der Waals surface area (Å²) in [5, 5.41) is 8.40. The summed E-state index contributed by atoms with van der Waals surface area (Å²) < 4.78 is 0. The molecular weight excluding hydrogens is 278 g/mol. The summed E-state index contributed by atoms with van der Waals surface area (Å²) in [5.74, 6) is 1.56. The molecule has 0 aromatic carbocycles. The lowest BCUT2D eigenvalue weighted by molar-refractivity contribution is -0.00126. The molecule has 116 valence electrons. The molecule has 2 bridgehead atoms. The van der Waals surface area contributed by atoms with E-state index in [-0.39, 0.29) is 0 Å². The smallest absolute Gasteiger partial charge is 0.187 e. The zero-order valence-corrected chi connectivity index (χ0v) is 14.0. The summed E-state index contributed by atoms with van der Waals surface area (Å²) in [7, 11) is 0. The van der Waals surface area contributed by atoms with Crippen LogP contribution in [0.2, 0.25) is 0 Å². The van der Waals surface area contributed by atoms with E-state index in [1.165, 1.54) is 50.5 Å². The zero-order valence-electron chi connectivity index (χ0n) is 13.2. The Morgan fingerprint density at radius 3 is 2.76 bits per heavy atom. The highest BCUT2D eigenvalue weighted by Crippen LogP contribution is 2.58. The van der Waals surface area contributed by atoms with Gasteiger partial charge in [-0.25, -0.2) is 0 Å². The van der Waals surface area contributed by atoms with Crippen molar-refractivity contribution in [1.82, 2.24) is 10.7 Å². The van der Waals surface area contributed by atoms with Crippen LogP contribution >= 0.6 is 12.2 Å². The molecule has 2 saturated carbocycles. The van der Waals surface area contributed by atoms with Gasteiger partial charge in [-0.2, -0.15) is 5.10 Å². The van der Waals surface area contributed by atoms with Crippen molar-refractivity contribution in [3.05, 3.63) is 11.6 Å². The Bertz CT molecular complexity index is 461. The SMILES string of the molecule is CC1(C)[C@H]2CC=C(C=NNC(=S)NC3CCCCC3)[C@H]1C2. The maximum absolute atomic E-state index is 5.33. The molecule has 0 unspecified atom stereocenters. The van der Waals surface area contributed by atoms with Crippen LogP contribution in [0.3, 0.4) is 0 Å². The first-order valence-electron chi connectivity index (χ1n) is 8.37. The molecule has 4 aliphatic carbocycles. The lowest BCUT2D eigenvalue weighted by atomic mass is 9.49. The van der Waals surface area contributed by atoms with Gasteiger partial charge in [-0.1, -0.05) is 39.2 Å². The summed E-state index contributed by atoms with van der Waals surface area (Å²) in [6, 6.07) is 0.536. The van der Waals surface area contributed by atoms with Crippen LogP contribution in [0.25, 0.3) is 0 Å². The van der Waals surface area contributed by atoms with Gasteiger partial charge in [-0.05, 0) is 60.7 Å². The van der Waals surface area contributed by atoms with Crippen LogP contribution in [0.5, 0.6) is 0 Å². The molecule has 0 saturated heterocycles. The van der Waals surface area contributed by atoms with E-state index < -0.39 is 0 Å². The zero-order chi connectivity index (χ0) is 14.9. The van der Waals surface area contributed by atoms with Gasteiger partial charge >= 0.3 is 0 Å². The quantitative estimate of drug-likeness (QED) is 0.473. The minimum absolute atomic E-state index is 0.455. The van der Waals surface area contributed by atoms with E-state index in [9.17, 15) is 0 Å². The van der Waals surface area contributed by atoms with Gasteiger partial charge < -0.3 is 5.32 Å². The number of hydrazone groups is 1. The van der Waals surface area contributed by atoms with Crippen molar-refractivity contribution in [3.63, 3.8) is 0 Å². The van der Waals surface area contributed by atoms with E-state index >= 15 is 0 Å². The molecule has 21 heavy (non-hydrogen) atoms. The minimum atomic E-state index is 0.455. The lowest BCUT2D eigenvalue weighted by Gasteiger charge is -2.55. The third-order valence-corrected chi connectivity index (χ3v) is 6.04. The van der Waals surface area contributed by atoms with Gasteiger partial charge in [0.15, 0.2) is 5.11 Å². The predicted octanol–water partition coefficient (Wildman–Crippen LogP) is 3.76. The predicted molar refractivity (Wildman–Crippen MR) is 92.3 cm³/mol. The fourth-order valence-corrected chi connectivity index (χ4v) is 4.39. The van der Waals surface area contributed by atoms with Gasteiger partial charge in [0, 0.05) is 6.04 Å². The number of nitrogens with one attached hydrogen (secondary N) is 2. The second-order valence-electron chi connectivity index (χ2n) is 7.42. The summed E-state index contributed by atoms with van der Waals surface area (Å²) >= 11 is 5.33. The Balaban J connectivity index is 1.46. The molecule has 4 rings (SSSR count). The average molecular weight is 305 g/mol. The molecule has 0 aromatic rings. The molecule has 0 radical (unpaired) electrons. The van der Waals surface area contributed by atoms with Crippen molar-refractivity contribution in [2.45, 2.75) is 64.8 Å². The van der Waals surface area contributed by atoms with Crippen LogP contribution in [0, 0.1) is 17.3 Å². The molecule has 0 amide bonds. The molecule has 3 nitrogen and oxygen atoms in total. The Kier molecular flexibility index (Phi) is 4.34. The van der Waals surface area contributed by atoms with E-state index in [2.05, 4.69) is 35.8 Å². The second kappa shape index (κ2) is 6.07. The van der Waals surface area contributed by atoms with Crippen molar-refractivity contribution in [1.29, 1.82) is 0 Å². The van der Waals surface area contributed by atoms with Crippen molar-refractivity contribution >= 4 is 23.5 Å². The van der Waals surface area contributed by atoms with E-state index in [0.717, 1.165) is 5.92 Å². The first-order chi connectivity index (χ1) is 10.1. The number of hydrogen-bond acceptors (Lipinski definition) is 2. The van der Waals surface area contributed by atoms with Crippen LogP contribution in [0.15, 0.2) is 16.8 Å². The Morgan fingerprint density at radius 1 is 1.33 bits per heavy atom. The normalized spacial score (nSPS) is 31.4. The number of hydrogen-bond donors (Lipinski definition) is 2. The lowest BCUT2D eigenvalue weighted by Crippen LogP contribution is -2.48. The number of nitrogens with zero attached hydrogens (tertiary/aromatic N) is 1. The van der Waals surface area contributed by atoms with Crippen LogP contribution in [0.1, 0.15) is 58.8 Å². The van der Waals surface area contributed by atoms with Gasteiger partial charge in [-0.3, -0.25) is 5.43 Å². The van der Waals surface area contributed by atoms with E-state index in [1.807, 2.05) is 6.21 Å². The van der Waals surface area contributed by atoms with Crippen LogP contribution < -0.4 is 10.7 Å². The Hall–Kier alpha value is -0.900. The summed E-state index contributed by atoms with van der Waals surface area (Å²) in [6.07, 6.45) is 13.3. The fraction of sp³-hybridized carbons (Fsp3) is 0.765. The molecule has 2 fully saturated rings. The van der Waals surface area contributed by atoms with Crippen molar-refractivity contribution < 1.29 is 0 Å². The van der Waals surface area contributed by atoms with E-state index in [0.29, 0.717) is 22.5 Å². The molecule has 0 aliphatic heterocycles. The van der Waals surface area contributed by atoms with Crippen molar-refractivity contribution in [2.24, 2.45) is 22.4 Å². The van der Waals surface area contributed by atoms with Crippen molar-refractivity contribution in [2.75, 3.05) is 0 Å². The number of allylic oxidation sites excluding steroid dienone is 2. The molecule has 0 aromatic heterocycles.